The predicted octanol–water partition coefficient (Wildman–Crippen LogP) is 2.85. The molecule has 3 aromatic rings. The van der Waals surface area contributed by atoms with E-state index in [1.165, 1.54) is 0 Å². The summed E-state index contributed by atoms with van der Waals surface area (Å²) in [5.41, 5.74) is 0. The summed E-state index contributed by atoms with van der Waals surface area (Å²) in [6.07, 6.45) is 7.42. The second-order valence-electron chi connectivity index (χ2n) is 4.16. The molecule has 0 spiro atoms. The molecule has 0 aromatic carbocycles. The Hall–Kier alpha value is -1.73. The third-order valence-electron chi connectivity index (χ3n) is 2.64. The van der Waals surface area contributed by atoms with Crippen molar-refractivity contribution in [3.63, 3.8) is 0 Å². The number of rotatable bonds is 4. The van der Waals surface area contributed by atoms with E-state index in [4.69, 9.17) is 0 Å². The van der Waals surface area contributed by atoms with Gasteiger partial charge in [0.05, 0.1) is 0 Å². The molecule has 0 saturated carbocycles. The van der Waals surface area contributed by atoms with Gasteiger partial charge in [-0.1, -0.05) is 6.07 Å². The molecule has 0 unspecified atom stereocenters. The molecular formula is C13H13N5S2. The van der Waals surface area contributed by atoms with Crippen LogP contribution in [0.4, 0.5) is 0 Å². The van der Waals surface area contributed by atoms with Crippen molar-refractivity contribution in [1.82, 2.24) is 24.1 Å². The first kappa shape index (κ1) is 13.3. The lowest BCUT2D eigenvalue weighted by molar-refractivity contribution is 0.784. The normalized spacial score (nSPS) is 10.9. The first-order valence-corrected chi connectivity index (χ1v) is 7.63. The largest absolute Gasteiger partial charge is 0.329 e. The van der Waals surface area contributed by atoms with Crippen LogP contribution in [0.1, 0.15) is 0 Å². The summed E-state index contributed by atoms with van der Waals surface area (Å²) in [5.74, 6) is 0. The summed E-state index contributed by atoms with van der Waals surface area (Å²) in [5, 5.41) is 3.71. The van der Waals surface area contributed by atoms with Gasteiger partial charge in [-0.05, 0) is 35.7 Å². The second-order valence-corrected chi connectivity index (χ2v) is 6.13. The van der Waals surface area contributed by atoms with E-state index in [2.05, 4.69) is 15.0 Å². The van der Waals surface area contributed by atoms with Gasteiger partial charge in [-0.3, -0.25) is 0 Å². The third kappa shape index (κ3) is 2.88. The summed E-state index contributed by atoms with van der Waals surface area (Å²) < 4.78 is 3.95. The lowest BCUT2D eigenvalue weighted by Gasteiger charge is -2.04. The molecule has 3 rings (SSSR count). The molecule has 102 valence electrons. The molecule has 0 aliphatic rings. The molecule has 0 aliphatic heterocycles. The van der Waals surface area contributed by atoms with E-state index in [1.807, 2.05) is 53.8 Å². The van der Waals surface area contributed by atoms with Crippen molar-refractivity contribution in [1.29, 1.82) is 0 Å². The average molecular weight is 303 g/mol. The van der Waals surface area contributed by atoms with Gasteiger partial charge in [-0.25, -0.2) is 15.0 Å². The lowest BCUT2D eigenvalue weighted by Crippen LogP contribution is -1.92. The van der Waals surface area contributed by atoms with E-state index in [-0.39, 0.29) is 0 Å². The van der Waals surface area contributed by atoms with Gasteiger partial charge >= 0.3 is 0 Å². The Bertz CT molecular complexity index is 661. The summed E-state index contributed by atoms with van der Waals surface area (Å²) in [7, 11) is 3.95. The minimum atomic E-state index is 0.927. The summed E-state index contributed by atoms with van der Waals surface area (Å²) in [6.45, 7) is 0. The van der Waals surface area contributed by atoms with Gasteiger partial charge in [0.1, 0.15) is 10.1 Å². The molecule has 0 atom stereocenters. The second kappa shape index (κ2) is 5.72. The Balaban J connectivity index is 1.79. The van der Waals surface area contributed by atoms with Crippen LogP contribution in [0.25, 0.3) is 0 Å². The summed E-state index contributed by atoms with van der Waals surface area (Å²) in [4.78, 5) is 13.2. The highest BCUT2D eigenvalue weighted by atomic mass is 32.2. The van der Waals surface area contributed by atoms with Crippen LogP contribution in [0, 0.1) is 0 Å². The molecule has 5 nitrogen and oxygen atoms in total. The molecule has 20 heavy (non-hydrogen) atoms. The van der Waals surface area contributed by atoms with Crippen LogP contribution in [0.2, 0.25) is 0 Å². The number of aryl methyl sites for hydroxylation is 2. The Kier molecular flexibility index (Phi) is 3.79. The van der Waals surface area contributed by atoms with E-state index < -0.39 is 0 Å². The van der Waals surface area contributed by atoms with Gasteiger partial charge < -0.3 is 9.13 Å². The highest BCUT2D eigenvalue weighted by Gasteiger charge is 2.07. The van der Waals surface area contributed by atoms with E-state index in [9.17, 15) is 0 Å². The van der Waals surface area contributed by atoms with Crippen molar-refractivity contribution in [3.8, 4) is 0 Å². The highest BCUT2D eigenvalue weighted by molar-refractivity contribution is 7.99. The van der Waals surface area contributed by atoms with Gasteiger partial charge in [0.15, 0.2) is 10.3 Å². The molecule has 3 heterocycles. The average Bonchev–Trinajstić information content (AvgIpc) is 3.01. The fraction of sp³-hybridized carbons (Fsp3) is 0.154. The van der Waals surface area contributed by atoms with E-state index in [0.717, 1.165) is 20.4 Å². The quantitative estimate of drug-likeness (QED) is 0.742. The maximum Gasteiger partial charge on any atom is 0.174 e. The fourth-order valence-corrected chi connectivity index (χ4v) is 3.25. The highest BCUT2D eigenvalue weighted by Crippen LogP contribution is 2.28. The zero-order valence-corrected chi connectivity index (χ0v) is 12.7. The molecule has 7 heteroatoms. The minimum Gasteiger partial charge on any atom is -0.329 e. The fourth-order valence-electron chi connectivity index (χ4n) is 1.60. The molecule has 3 aromatic heterocycles. The first-order chi connectivity index (χ1) is 9.72. The van der Waals surface area contributed by atoms with Gasteiger partial charge in [0.2, 0.25) is 0 Å². The Morgan fingerprint density at radius 3 is 1.75 bits per heavy atom. The Morgan fingerprint density at radius 1 is 0.850 bits per heavy atom. The maximum absolute atomic E-state index is 4.62. The number of imidazole rings is 2. The minimum absolute atomic E-state index is 0.927. The van der Waals surface area contributed by atoms with Gasteiger partial charge in [0.25, 0.3) is 0 Å². The smallest absolute Gasteiger partial charge is 0.174 e. The SMILES string of the molecule is Cn1ccnc1Sc1cccc(Sc2nccn2C)n1. The number of nitrogens with zero attached hydrogens (tertiary/aromatic N) is 5. The van der Waals surface area contributed by atoms with Crippen LogP contribution in [-0.2, 0) is 14.1 Å². The van der Waals surface area contributed by atoms with Crippen molar-refractivity contribution in [2.45, 2.75) is 20.4 Å². The van der Waals surface area contributed by atoms with Crippen molar-refractivity contribution in [2.24, 2.45) is 14.1 Å². The lowest BCUT2D eigenvalue weighted by atomic mass is 10.5. The van der Waals surface area contributed by atoms with Crippen LogP contribution in [0.5, 0.6) is 0 Å². The van der Waals surface area contributed by atoms with Crippen molar-refractivity contribution in [2.75, 3.05) is 0 Å². The molecule has 0 aliphatic carbocycles. The van der Waals surface area contributed by atoms with Crippen LogP contribution in [0.3, 0.4) is 0 Å². The monoisotopic (exact) mass is 303 g/mol. The number of hydrogen-bond donors (Lipinski definition) is 0. The topological polar surface area (TPSA) is 48.5 Å². The standard InChI is InChI=1S/C13H13N5S2/c1-17-8-6-14-12(17)19-10-4-3-5-11(16-10)20-13-15-7-9-18(13)2/h3-9H,1-2H3. The van der Waals surface area contributed by atoms with Gasteiger partial charge in [0, 0.05) is 38.9 Å². The molecule has 0 saturated heterocycles. The van der Waals surface area contributed by atoms with Crippen LogP contribution < -0.4 is 0 Å². The van der Waals surface area contributed by atoms with E-state index in [0.29, 0.717) is 0 Å². The molecule has 0 fully saturated rings. The zero-order chi connectivity index (χ0) is 13.9. The van der Waals surface area contributed by atoms with Gasteiger partial charge in [-0.15, -0.1) is 0 Å². The van der Waals surface area contributed by atoms with Crippen molar-refractivity contribution >= 4 is 23.5 Å². The Morgan fingerprint density at radius 2 is 1.35 bits per heavy atom. The molecule has 0 N–H and O–H groups in total. The van der Waals surface area contributed by atoms with Crippen LogP contribution >= 0.6 is 23.5 Å². The number of pyridine rings is 1. The molecule has 0 amide bonds. The third-order valence-corrected chi connectivity index (χ3v) is 4.67. The number of hydrogen-bond acceptors (Lipinski definition) is 5. The number of aromatic nitrogens is 5. The van der Waals surface area contributed by atoms with E-state index in [1.54, 1.807) is 35.9 Å². The first-order valence-electron chi connectivity index (χ1n) is 6.00. The molecular weight excluding hydrogens is 290 g/mol. The molecule has 0 radical (unpaired) electrons. The summed E-state index contributed by atoms with van der Waals surface area (Å²) >= 11 is 3.10. The van der Waals surface area contributed by atoms with Crippen molar-refractivity contribution in [3.05, 3.63) is 43.0 Å². The molecule has 0 bridgehead atoms. The van der Waals surface area contributed by atoms with Crippen LogP contribution in [-0.4, -0.2) is 24.1 Å². The predicted molar refractivity (Wildman–Crippen MR) is 78.9 cm³/mol. The van der Waals surface area contributed by atoms with Gasteiger partial charge in [-0.2, -0.15) is 0 Å². The van der Waals surface area contributed by atoms with Crippen molar-refractivity contribution < 1.29 is 0 Å². The maximum atomic E-state index is 4.62. The summed E-state index contributed by atoms with van der Waals surface area (Å²) in [6, 6.07) is 5.98. The van der Waals surface area contributed by atoms with E-state index >= 15 is 0 Å². The Labute approximate surface area is 125 Å². The zero-order valence-electron chi connectivity index (χ0n) is 11.1. The van der Waals surface area contributed by atoms with Crippen LogP contribution in [0.15, 0.2) is 63.4 Å².